The Morgan fingerprint density at radius 3 is 2.54 bits per heavy atom. The number of aliphatic hydroxyl groups is 1. The van der Waals surface area contributed by atoms with Crippen LogP contribution in [-0.4, -0.2) is 34.6 Å². The summed E-state index contributed by atoms with van der Waals surface area (Å²) in [5.74, 6) is 1.65. The molecular weight excluding hydrogens is 308 g/mol. The van der Waals surface area contributed by atoms with Gasteiger partial charge in [0.15, 0.2) is 0 Å². The fourth-order valence-corrected chi connectivity index (χ4v) is 2.12. The normalized spacial score (nSPS) is 11.9. The molecule has 0 saturated heterocycles. The molecule has 1 unspecified atom stereocenters. The Kier molecular flexibility index (Phi) is 5.08. The van der Waals surface area contributed by atoms with E-state index >= 15 is 0 Å². The minimum Gasteiger partial charge on any atom is -0.491 e. The summed E-state index contributed by atoms with van der Waals surface area (Å²) >= 11 is 0. The molecule has 2 aromatic carbocycles. The summed E-state index contributed by atoms with van der Waals surface area (Å²) in [5.41, 5.74) is 1.84. The monoisotopic (exact) mass is 326 g/mol. The molecule has 0 bridgehead atoms. The van der Waals surface area contributed by atoms with Crippen molar-refractivity contribution in [3.8, 4) is 23.0 Å². The standard InChI is InChI=1S/C18H18N2O4/c1-13-6-8-15(9-7-13)22-10-14(21)11-23-17-5-3-2-4-16(17)18-20-19-12-24-18/h2-9,12,14,21H,10-11H2,1H3. The number of hydrogen-bond acceptors (Lipinski definition) is 6. The van der Waals surface area contributed by atoms with Crippen LogP contribution < -0.4 is 9.47 Å². The Labute approximate surface area is 139 Å². The summed E-state index contributed by atoms with van der Waals surface area (Å²) in [5, 5.41) is 17.6. The minimum absolute atomic E-state index is 0.0943. The number of aliphatic hydroxyl groups excluding tert-OH is 1. The molecule has 0 spiro atoms. The first-order chi connectivity index (χ1) is 11.7. The van der Waals surface area contributed by atoms with Crippen molar-refractivity contribution in [2.75, 3.05) is 13.2 Å². The van der Waals surface area contributed by atoms with Gasteiger partial charge < -0.3 is 19.0 Å². The summed E-state index contributed by atoms with van der Waals surface area (Å²) in [6, 6.07) is 14.9. The van der Waals surface area contributed by atoms with Gasteiger partial charge in [-0.2, -0.15) is 0 Å². The highest BCUT2D eigenvalue weighted by molar-refractivity contribution is 5.62. The van der Waals surface area contributed by atoms with Gasteiger partial charge in [0.05, 0.1) is 5.56 Å². The maximum Gasteiger partial charge on any atom is 0.251 e. The number of benzene rings is 2. The van der Waals surface area contributed by atoms with E-state index in [1.165, 1.54) is 6.39 Å². The molecule has 1 atom stereocenters. The highest BCUT2D eigenvalue weighted by atomic mass is 16.5. The molecule has 0 aliphatic rings. The molecule has 0 radical (unpaired) electrons. The summed E-state index contributed by atoms with van der Waals surface area (Å²) in [7, 11) is 0. The molecule has 6 heteroatoms. The minimum atomic E-state index is -0.762. The molecule has 0 amide bonds. The largest absolute Gasteiger partial charge is 0.491 e. The first-order valence-electron chi connectivity index (χ1n) is 7.58. The molecule has 6 nitrogen and oxygen atoms in total. The van der Waals surface area contributed by atoms with E-state index in [1.807, 2.05) is 49.4 Å². The molecule has 0 aliphatic heterocycles. The topological polar surface area (TPSA) is 77.6 Å². The first kappa shape index (κ1) is 16.0. The third kappa shape index (κ3) is 4.11. The van der Waals surface area contributed by atoms with Crippen LogP contribution >= 0.6 is 0 Å². The van der Waals surface area contributed by atoms with Crippen LogP contribution in [0.15, 0.2) is 59.3 Å². The smallest absolute Gasteiger partial charge is 0.251 e. The van der Waals surface area contributed by atoms with Gasteiger partial charge in [-0.25, -0.2) is 0 Å². The van der Waals surface area contributed by atoms with E-state index in [-0.39, 0.29) is 13.2 Å². The van der Waals surface area contributed by atoms with E-state index in [4.69, 9.17) is 13.9 Å². The van der Waals surface area contributed by atoms with E-state index in [1.54, 1.807) is 6.07 Å². The van der Waals surface area contributed by atoms with Crippen LogP contribution in [0.2, 0.25) is 0 Å². The zero-order valence-electron chi connectivity index (χ0n) is 13.3. The van der Waals surface area contributed by atoms with E-state index in [9.17, 15) is 5.11 Å². The maximum atomic E-state index is 10.0. The second-order valence-electron chi connectivity index (χ2n) is 5.33. The first-order valence-corrected chi connectivity index (χ1v) is 7.58. The maximum absolute atomic E-state index is 10.0. The highest BCUT2D eigenvalue weighted by Crippen LogP contribution is 2.28. The predicted octanol–water partition coefficient (Wildman–Crippen LogP) is 2.86. The Morgan fingerprint density at radius 1 is 1.04 bits per heavy atom. The van der Waals surface area contributed by atoms with Gasteiger partial charge in [0.1, 0.15) is 30.8 Å². The van der Waals surface area contributed by atoms with E-state index in [2.05, 4.69) is 10.2 Å². The highest BCUT2D eigenvalue weighted by Gasteiger charge is 2.13. The summed E-state index contributed by atoms with van der Waals surface area (Å²) in [6.07, 6.45) is 0.498. The predicted molar refractivity (Wildman–Crippen MR) is 87.9 cm³/mol. The van der Waals surface area contributed by atoms with Crippen LogP contribution in [0.4, 0.5) is 0 Å². The van der Waals surface area contributed by atoms with Gasteiger partial charge in [-0.15, -0.1) is 10.2 Å². The van der Waals surface area contributed by atoms with Gasteiger partial charge in [-0.05, 0) is 31.2 Å². The van der Waals surface area contributed by atoms with Crippen molar-refractivity contribution in [1.82, 2.24) is 10.2 Å². The molecule has 24 heavy (non-hydrogen) atoms. The van der Waals surface area contributed by atoms with Crippen LogP contribution in [0.5, 0.6) is 11.5 Å². The van der Waals surface area contributed by atoms with Crippen molar-refractivity contribution in [3.63, 3.8) is 0 Å². The van der Waals surface area contributed by atoms with Crippen molar-refractivity contribution in [2.24, 2.45) is 0 Å². The number of aryl methyl sites for hydroxylation is 1. The number of ether oxygens (including phenoxy) is 2. The van der Waals surface area contributed by atoms with Crippen LogP contribution in [0.25, 0.3) is 11.5 Å². The number of para-hydroxylation sites is 1. The van der Waals surface area contributed by atoms with Crippen LogP contribution in [0, 0.1) is 6.92 Å². The Balaban J connectivity index is 1.55. The average Bonchev–Trinajstić information content (AvgIpc) is 3.14. The molecular formula is C18H18N2O4. The van der Waals surface area contributed by atoms with Crippen LogP contribution in [-0.2, 0) is 0 Å². The number of aromatic nitrogens is 2. The van der Waals surface area contributed by atoms with Crippen molar-refractivity contribution >= 4 is 0 Å². The quantitative estimate of drug-likeness (QED) is 0.719. The van der Waals surface area contributed by atoms with Gasteiger partial charge in [-0.1, -0.05) is 29.8 Å². The fourth-order valence-electron chi connectivity index (χ4n) is 2.12. The van der Waals surface area contributed by atoms with Crippen LogP contribution in [0.3, 0.4) is 0 Å². The zero-order valence-corrected chi connectivity index (χ0v) is 13.3. The molecule has 124 valence electrons. The van der Waals surface area contributed by atoms with Gasteiger partial charge >= 0.3 is 0 Å². The Morgan fingerprint density at radius 2 is 1.79 bits per heavy atom. The van der Waals surface area contributed by atoms with Crippen molar-refractivity contribution in [3.05, 3.63) is 60.5 Å². The van der Waals surface area contributed by atoms with Crippen molar-refractivity contribution in [2.45, 2.75) is 13.0 Å². The second-order valence-corrected chi connectivity index (χ2v) is 5.33. The van der Waals surface area contributed by atoms with E-state index in [0.717, 1.165) is 5.56 Å². The molecule has 0 saturated carbocycles. The van der Waals surface area contributed by atoms with E-state index in [0.29, 0.717) is 23.0 Å². The van der Waals surface area contributed by atoms with Gasteiger partial charge in [0.2, 0.25) is 6.39 Å². The Hall–Kier alpha value is -2.86. The molecule has 1 N–H and O–H groups in total. The lowest BCUT2D eigenvalue weighted by Gasteiger charge is -2.15. The summed E-state index contributed by atoms with van der Waals surface area (Å²) in [4.78, 5) is 0. The van der Waals surface area contributed by atoms with Gasteiger partial charge in [0.25, 0.3) is 5.89 Å². The lowest BCUT2D eigenvalue weighted by molar-refractivity contribution is 0.0628. The fraction of sp³-hybridized carbons (Fsp3) is 0.222. The lowest BCUT2D eigenvalue weighted by atomic mass is 10.2. The third-order valence-electron chi connectivity index (χ3n) is 3.37. The average molecular weight is 326 g/mol. The zero-order chi connectivity index (χ0) is 16.8. The van der Waals surface area contributed by atoms with Crippen molar-refractivity contribution in [1.29, 1.82) is 0 Å². The second kappa shape index (κ2) is 7.61. The van der Waals surface area contributed by atoms with E-state index < -0.39 is 6.10 Å². The third-order valence-corrected chi connectivity index (χ3v) is 3.37. The molecule has 3 aromatic rings. The summed E-state index contributed by atoms with van der Waals surface area (Å²) in [6.45, 7) is 2.25. The number of hydrogen-bond donors (Lipinski definition) is 1. The van der Waals surface area contributed by atoms with Gasteiger partial charge in [-0.3, -0.25) is 0 Å². The van der Waals surface area contributed by atoms with Crippen molar-refractivity contribution < 1.29 is 19.0 Å². The Bertz CT molecular complexity index is 757. The van der Waals surface area contributed by atoms with Gasteiger partial charge in [0, 0.05) is 0 Å². The molecule has 0 aliphatic carbocycles. The number of nitrogens with zero attached hydrogens (tertiary/aromatic N) is 2. The lowest BCUT2D eigenvalue weighted by Crippen LogP contribution is -2.25. The number of rotatable bonds is 7. The molecule has 0 fully saturated rings. The molecule has 3 rings (SSSR count). The SMILES string of the molecule is Cc1ccc(OCC(O)COc2ccccc2-c2nnco2)cc1. The summed E-state index contributed by atoms with van der Waals surface area (Å²) < 4.78 is 16.4. The van der Waals surface area contributed by atoms with Crippen LogP contribution in [0.1, 0.15) is 5.56 Å². The molecule has 1 heterocycles. The molecule has 1 aromatic heterocycles.